The highest BCUT2D eigenvalue weighted by molar-refractivity contribution is 5.41. The maximum absolute atomic E-state index is 13.0. The molecule has 1 atom stereocenters. The first-order chi connectivity index (χ1) is 9.21. The van der Waals surface area contributed by atoms with Crippen molar-refractivity contribution >= 4 is 0 Å². The molecule has 1 aliphatic heterocycles. The lowest BCUT2D eigenvalue weighted by Crippen LogP contribution is -2.39. The Balaban J connectivity index is 2.56. The number of rotatable bonds is 1. The molecule has 0 aromatic heterocycles. The summed E-state index contributed by atoms with van der Waals surface area (Å²) in [5.74, 6) is 0. The number of hydrogen-bond donors (Lipinski definition) is 1. The van der Waals surface area contributed by atoms with Gasteiger partial charge in [0, 0.05) is 19.6 Å². The minimum atomic E-state index is -5.07. The molecule has 2 rings (SSSR count). The second-order valence-corrected chi connectivity index (χ2v) is 4.39. The minimum absolute atomic E-state index is 0.102. The lowest BCUT2D eigenvalue weighted by Gasteiger charge is -2.27. The monoisotopic (exact) mass is 297 g/mol. The molecule has 1 saturated heterocycles. The predicted octanol–water partition coefficient (Wildman–Crippen LogP) is 2.97. The van der Waals surface area contributed by atoms with E-state index in [2.05, 4.69) is 10.6 Å². The van der Waals surface area contributed by atoms with Gasteiger partial charge in [-0.25, -0.2) is 5.32 Å². The van der Waals surface area contributed by atoms with E-state index in [1.807, 2.05) is 0 Å². The van der Waals surface area contributed by atoms with Gasteiger partial charge in [-0.1, -0.05) is 12.1 Å². The molecule has 1 aliphatic rings. The average molecular weight is 297 g/mol. The first-order valence-corrected chi connectivity index (χ1v) is 5.86. The van der Waals surface area contributed by atoms with Gasteiger partial charge in [0.25, 0.3) is 0 Å². The number of benzene rings is 1. The van der Waals surface area contributed by atoms with E-state index >= 15 is 0 Å². The highest BCUT2D eigenvalue weighted by Gasteiger charge is 2.45. The molecule has 8 heteroatoms. The molecule has 0 bridgehead atoms. The molecule has 1 unspecified atom stereocenters. The number of piperazine rings is 1. The molecule has 1 N–H and O–H groups in total. The molecule has 1 aromatic rings. The molecule has 2 nitrogen and oxygen atoms in total. The van der Waals surface area contributed by atoms with Crippen LogP contribution in [0.5, 0.6) is 0 Å². The summed E-state index contributed by atoms with van der Waals surface area (Å²) in [7, 11) is 0. The van der Waals surface area contributed by atoms with Crippen LogP contribution in [-0.4, -0.2) is 19.6 Å². The molecule has 20 heavy (non-hydrogen) atoms. The smallest absolute Gasteiger partial charge is 0.313 e. The van der Waals surface area contributed by atoms with Crippen LogP contribution >= 0.6 is 0 Å². The summed E-state index contributed by atoms with van der Waals surface area (Å²) in [6, 6.07) is 1.57. The van der Waals surface area contributed by atoms with Gasteiger partial charge in [0.05, 0.1) is 17.2 Å². The first kappa shape index (κ1) is 15.1. The van der Waals surface area contributed by atoms with Crippen LogP contribution in [0.4, 0.5) is 26.3 Å². The van der Waals surface area contributed by atoms with Crippen LogP contribution < -0.4 is 10.6 Å². The van der Waals surface area contributed by atoms with E-state index in [-0.39, 0.29) is 13.1 Å². The zero-order valence-electron chi connectivity index (χ0n) is 10.1. The van der Waals surface area contributed by atoms with Crippen LogP contribution in [0.15, 0.2) is 18.2 Å². The fourth-order valence-electron chi connectivity index (χ4n) is 2.21. The molecule has 0 saturated carbocycles. The molecule has 1 radical (unpaired) electrons. The van der Waals surface area contributed by atoms with E-state index in [4.69, 9.17) is 0 Å². The Kier molecular flexibility index (Phi) is 3.97. The molecular weight excluding hydrogens is 286 g/mol. The quantitative estimate of drug-likeness (QED) is 0.792. The van der Waals surface area contributed by atoms with Crippen LogP contribution in [0.2, 0.25) is 0 Å². The highest BCUT2D eigenvalue weighted by Crippen LogP contribution is 2.43. The van der Waals surface area contributed by atoms with Crippen molar-refractivity contribution in [1.29, 1.82) is 0 Å². The average Bonchev–Trinajstić information content (AvgIpc) is 2.37. The largest absolute Gasteiger partial charge is 0.417 e. The highest BCUT2D eigenvalue weighted by atomic mass is 19.4. The third-order valence-electron chi connectivity index (χ3n) is 3.02. The molecule has 111 valence electrons. The summed E-state index contributed by atoms with van der Waals surface area (Å²) in [6.45, 7) is 0.888. The lowest BCUT2D eigenvalue weighted by molar-refractivity contribution is -0.162. The fourth-order valence-corrected chi connectivity index (χ4v) is 2.21. The van der Waals surface area contributed by atoms with Gasteiger partial charge < -0.3 is 5.32 Å². The van der Waals surface area contributed by atoms with Crippen molar-refractivity contribution in [3.63, 3.8) is 0 Å². The summed E-state index contributed by atoms with van der Waals surface area (Å²) < 4.78 is 77.4. The summed E-state index contributed by atoms with van der Waals surface area (Å²) in [4.78, 5) is 0. The second kappa shape index (κ2) is 5.25. The van der Waals surface area contributed by atoms with Crippen molar-refractivity contribution in [2.45, 2.75) is 18.4 Å². The van der Waals surface area contributed by atoms with Gasteiger partial charge in [0.2, 0.25) is 0 Å². The van der Waals surface area contributed by atoms with Gasteiger partial charge >= 0.3 is 12.4 Å². The Morgan fingerprint density at radius 3 is 2.25 bits per heavy atom. The Hall–Kier alpha value is -1.28. The number of alkyl halides is 6. The SMILES string of the molecule is FC(F)(F)c1cccc(C2CNCC[N]2)c1C(F)(F)F. The summed E-state index contributed by atoms with van der Waals surface area (Å²) in [5.41, 5.74) is -3.73. The van der Waals surface area contributed by atoms with Gasteiger partial charge in [-0.05, 0) is 11.6 Å². The topological polar surface area (TPSA) is 26.1 Å². The molecule has 1 heterocycles. The van der Waals surface area contributed by atoms with Gasteiger partial charge in [0.15, 0.2) is 0 Å². The fraction of sp³-hybridized carbons (Fsp3) is 0.500. The third-order valence-corrected chi connectivity index (χ3v) is 3.02. The zero-order chi connectivity index (χ0) is 15.0. The van der Waals surface area contributed by atoms with Crippen molar-refractivity contribution in [3.05, 3.63) is 34.9 Å². The maximum atomic E-state index is 13.0. The summed E-state index contributed by atoms with van der Waals surface area (Å²) in [5, 5.41) is 6.79. The number of nitrogens with one attached hydrogen (secondary N) is 1. The third kappa shape index (κ3) is 3.06. The standard InChI is InChI=1S/C12H11F6N2/c13-11(14,15)8-3-1-2-7(10(8)12(16,17)18)9-6-19-4-5-20-9/h1-3,9,19H,4-6H2. The minimum Gasteiger partial charge on any atom is -0.313 e. The number of hydrogen-bond acceptors (Lipinski definition) is 1. The van der Waals surface area contributed by atoms with Gasteiger partial charge in [-0.3, -0.25) is 0 Å². The Bertz CT molecular complexity index is 474. The zero-order valence-corrected chi connectivity index (χ0v) is 10.1. The Morgan fingerprint density at radius 1 is 1.05 bits per heavy atom. The predicted molar refractivity (Wildman–Crippen MR) is 59.1 cm³/mol. The van der Waals surface area contributed by atoms with E-state index in [1.165, 1.54) is 0 Å². The van der Waals surface area contributed by atoms with Gasteiger partial charge in [-0.15, -0.1) is 0 Å². The van der Waals surface area contributed by atoms with Crippen molar-refractivity contribution in [3.8, 4) is 0 Å². The summed E-state index contributed by atoms with van der Waals surface area (Å²) in [6.07, 6.45) is -10.1. The van der Waals surface area contributed by atoms with Gasteiger partial charge in [-0.2, -0.15) is 26.3 Å². The molecular formula is C12H11F6N2. The Morgan fingerprint density at radius 2 is 1.75 bits per heavy atom. The summed E-state index contributed by atoms with van der Waals surface area (Å²) >= 11 is 0. The number of nitrogens with zero attached hydrogens (tertiary/aromatic N) is 1. The van der Waals surface area contributed by atoms with E-state index in [9.17, 15) is 26.3 Å². The van der Waals surface area contributed by atoms with Crippen molar-refractivity contribution in [2.75, 3.05) is 19.6 Å². The van der Waals surface area contributed by atoms with Crippen LogP contribution in [0.3, 0.4) is 0 Å². The van der Waals surface area contributed by atoms with Crippen molar-refractivity contribution in [2.24, 2.45) is 0 Å². The second-order valence-electron chi connectivity index (χ2n) is 4.39. The maximum Gasteiger partial charge on any atom is 0.417 e. The molecule has 1 aromatic carbocycles. The molecule has 0 spiro atoms. The van der Waals surface area contributed by atoms with Crippen LogP contribution in [0, 0.1) is 0 Å². The molecule has 0 aliphatic carbocycles. The normalized spacial score (nSPS) is 21.0. The van der Waals surface area contributed by atoms with Crippen molar-refractivity contribution < 1.29 is 26.3 Å². The first-order valence-electron chi connectivity index (χ1n) is 5.86. The van der Waals surface area contributed by atoms with E-state index in [1.54, 1.807) is 0 Å². The Labute approximate surface area is 111 Å². The van der Waals surface area contributed by atoms with Crippen LogP contribution in [0.25, 0.3) is 0 Å². The van der Waals surface area contributed by atoms with Gasteiger partial charge in [0.1, 0.15) is 0 Å². The van der Waals surface area contributed by atoms with E-state index in [0.717, 1.165) is 12.1 Å². The molecule has 1 fully saturated rings. The van der Waals surface area contributed by atoms with Crippen LogP contribution in [0.1, 0.15) is 22.7 Å². The van der Waals surface area contributed by atoms with E-state index in [0.29, 0.717) is 12.6 Å². The number of halogens is 6. The lowest BCUT2D eigenvalue weighted by atomic mass is 9.94. The molecule has 0 amide bonds. The van der Waals surface area contributed by atoms with Crippen LogP contribution in [-0.2, 0) is 12.4 Å². The van der Waals surface area contributed by atoms with E-state index < -0.39 is 35.1 Å². The van der Waals surface area contributed by atoms with Crippen molar-refractivity contribution in [1.82, 2.24) is 10.6 Å².